The van der Waals surface area contributed by atoms with E-state index in [0.717, 1.165) is 24.3 Å². The number of benzene rings is 1. The van der Waals surface area contributed by atoms with Crippen LogP contribution in [-0.4, -0.2) is 33.9 Å². The fraction of sp³-hybridized carbons (Fsp3) is 0.444. The quantitative estimate of drug-likeness (QED) is 0.887. The maximum absolute atomic E-state index is 13.9. The van der Waals surface area contributed by atoms with Gasteiger partial charge >= 0.3 is 0 Å². The highest BCUT2D eigenvalue weighted by molar-refractivity contribution is 5.57. The van der Waals surface area contributed by atoms with E-state index >= 15 is 0 Å². The predicted octanol–water partition coefficient (Wildman–Crippen LogP) is 2.05. The number of nitrogens with one attached hydrogen (secondary N) is 1. The molecule has 25 heavy (non-hydrogen) atoms. The lowest BCUT2D eigenvalue weighted by molar-refractivity contribution is 0.145. The molecule has 0 bridgehead atoms. The molecule has 7 heteroatoms. The fourth-order valence-corrected chi connectivity index (χ4v) is 3.15. The molecule has 0 spiro atoms. The number of hydrogen-bond acceptors (Lipinski definition) is 5. The Balaban J connectivity index is 1.89. The molecular formula is C18H23FN4O2. The van der Waals surface area contributed by atoms with Gasteiger partial charge in [0.05, 0.1) is 12.1 Å². The van der Waals surface area contributed by atoms with Crippen LogP contribution in [0.5, 0.6) is 0 Å². The lowest BCUT2D eigenvalue weighted by Crippen LogP contribution is -2.36. The van der Waals surface area contributed by atoms with Crippen LogP contribution in [0.2, 0.25) is 0 Å². The van der Waals surface area contributed by atoms with Crippen molar-refractivity contribution in [2.24, 2.45) is 7.05 Å². The smallest absolute Gasteiger partial charge is 0.293 e. The zero-order valence-electron chi connectivity index (χ0n) is 14.4. The summed E-state index contributed by atoms with van der Waals surface area (Å²) < 4.78 is 15.3. The van der Waals surface area contributed by atoms with Crippen molar-refractivity contribution in [1.29, 1.82) is 0 Å². The molecule has 2 N–H and O–H groups in total. The van der Waals surface area contributed by atoms with Gasteiger partial charge in [0.2, 0.25) is 0 Å². The first-order chi connectivity index (χ1) is 12.0. The van der Waals surface area contributed by atoms with Crippen molar-refractivity contribution in [3.8, 4) is 0 Å². The molecule has 0 saturated carbocycles. The van der Waals surface area contributed by atoms with Crippen molar-refractivity contribution in [2.45, 2.75) is 31.9 Å². The summed E-state index contributed by atoms with van der Waals surface area (Å²) >= 11 is 0. The monoisotopic (exact) mass is 346 g/mol. The van der Waals surface area contributed by atoms with E-state index in [2.05, 4.69) is 15.2 Å². The molecular weight excluding hydrogens is 323 g/mol. The molecule has 0 unspecified atom stereocenters. The number of rotatable bonds is 4. The van der Waals surface area contributed by atoms with E-state index in [-0.39, 0.29) is 29.3 Å². The summed E-state index contributed by atoms with van der Waals surface area (Å²) in [5.74, 6) is -0.0832. The zero-order chi connectivity index (χ0) is 18.0. The second-order valence-corrected chi connectivity index (χ2v) is 6.48. The molecule has 1 aromatic carbocycles. The number of aliphatic hydroxyl groups excluding tert-OH is 1. The zero-order valence-corrected chi connectivity index (χ0v) is 14.4. The Morgan fingerprint density at radius 3 is 2.80 bits per heavy atom. The molecule has 134 valence electrons. The van der Waals surface area contributed by atoms with Gasteiger partial charge in [0.25, 0.3) is 5.56 Å². The Bertz CT molecular complexity index is 800. The molecule has 3 rings (SSSR count). The Hall–Kier alpha value is -2.41. The molecule has 6 nitrogen and oxygen atoms in total. The first-order valence-electron chi connectivity index (χ1n) is 8.46. The fourth-order valence-electron chi connectivity index (χ4n) is 3.15. The van der Waals surface area contributed by atoms with Crippen LogP contribution in [0.1, 0.15) is 31.4 Å². The summed E-state index contributed by atoms with van der Waals surface area (Å²) in [6.07, 6.45) is 4.26. The molecule has 1 fully saturated rings. The van der Waals surface area contributed by atoms with Crippen LogP contribution in [0.25, 0.3) is 0 Å². The first-order valence-corrected chi connectivity index (χ1v) is 8.46. The number of aromatic nitrogens is 2. The number of piperidine rings is 1. The second kappa shape index (κ2) is 7.23. The van der Waals surface area contributed by atoms with Crippen molar-refractivity contribution in [1.82, 2.24) is 9.55 Å². The highest BCUT2D eigenvalue weighted by Gasteiger charge is 2.22. The Kier molecular flexibility index (Phi) is 5.03. The van der Waals surface area contributed by atoms with Gasteiger partial charge < -0.3 is 19.9 Å². The summed E-state index contributed by atoms with van der Waals surface area (Å²) in [7, 11) is 1.66. The van der Waals surface area contributed by atoms with E-state index in [1.54, 1.807) is 25.5 Å². The summed E-state index contributed by atoms with van der Waals surface area (Å²) in [4.78, 5) is 18.4. The number of nitrogens with zero attached hydrogens (tertiary/aromatic N) is 3. The van der Waals surface area contributed by atoms with Crippen molar-refractivity contribution in [2.75, 3.05) is 23.3 Å². The number of halogens is 1. The summed E-state index contributed by atoms with van der Waals surface area (Å²) in [5.41, 5.74) is 1.46. The van der Waals surface area contributed by atoms with Gasteiger partial charge in [0.1, 0.15) is 5.82 Å². The minimum absolute atomic E-state index is 0.228. The van der Waals surface area contributed by atoms with Gasteiger partial charge in [-0.15, -0.1) is 0 Å². The summed E-state index contributed by atoms with van der Waals surface area (Å²) in [6.45, 7) is 3.32. The maximum atomic E-state index is 13.9. The number of hydrogen-bond donors (Lipinski definition) is 2. The highest BCUT2D eigenvalue weighted by atomic mass is 19.1. The summed E-state index contributed by atoms with van der Waals surface area (Å²) in [6, 6.07) is 4.40. The molecule has 0 aliphatic carbocycles. The normalized spacial score (nSPS) is 16.7. The van der Waals surface area contributed by atoms with E-state index in [1.807, 2.05) is 6.92 Å². The lowest BCUT2D eigenvalue weighted by Gasteiger charge is -2.34. The number of aryl methyl sites for hydroxylation is 1. The minimum atomic E-state index is -0.321. The van der Waals surface area contributed by atoms with Gasteiger partial charge in [0, 0.05) is 43.8 Å². The van der Waals surface area contributed by atoms with Crippen molar-refractivity contribution in [3.63, 3.8) is 0 Å². The van der Waals surface area contributed by atoms with E-state index in [0.29, 0.717) is 12.8 Å². The van der Waals surface area contributed by atoms with E-state index in [1.165, 1.54) is 16.7 Å². The molecule has 0 amide bonds. The predicted molar refractivity (Wildman–Crippen MR) is 95.4 cm³/mol. The van der Waals surface area contributed by atoms with Gasteiger partial charge in [-0.25, -0.2) is 9.37 Å². The van der Waals surface area contributed by atoms with Gasteiger partial charge in [0.15, 0.2) is 5.82 Å². The van der Waals surface area contributed by atoms with Crippen LogP contribution in [0, 0.1) is 5.82 Å². The highest BCUT2D eigenvalue weighted by Crippen LogP contribution is 2.30. The van der Waals surface area contributed by atoms with Crippen molar-refractivity contribution in [3.05, 3.63) is 52.3 Å². The number of anilines is 2. The van der Waals surface area contributed by atoms with Gasteiger partial charge in [-0.3, -0.25) is 4.79 Å². The van der Waals surface area contributed by atoms with E-state index < -0.39 is 0 Å². The molecule has 1 aliphatic heterocycles. The van der Waals surface area contributed by atoms with Gasteiger partial charge in [-0.1, -0.05) is 0 Å². The van der Waals surface area contributed by atoms with Crippen LogP contribution in [0.15, 0.2) is 35.4 Å². The van der Waals surface area contributed by atoms with Crippen LogP contribution in [0.3, 0.4) is 0 Å². The van der Waals surface area contributed by atoms with Crippen LogP contribution < -0.4 is 15.8 Å². The molecule has 1 aliphatic rings. The Morgan fingerprint density at radius 2 is 2.08 bits per heavy atom. The van der Waals surface area contributed by atoms with Crippen molar-refractivity contribution < 1.29 is 9.50 Å². The standard InChI is InChI=1S/C18H23FN4O2/c1-12(21-17-18(25)22(2)10-7-20-17)15-11-13(19)3-4-16(15)23-8-5-14(24)6-9-23/h3-4,7,10-12,14,24H,5-6,8-9H2,1-2H3,(H,20,21)/t12-/m1/s1. The molecule has 1 saturated heterocycles. The van der Waals surface area contributed by atoms with Crippen LogP contribution in [0.4, 0.5) is 15.9 Å². The third kappa shape index (κ3) is 3.82. The largest absolute Gasteiger partial charge is 0.393 e. The summed E-state index contributed by atoms with van der Waals surface area (Å²) in [5, 5.41) is 12.8. The third-order valence-corrected chi connectivity index (χ3v) is 4.63. The SMILES string of the molecule is C[C@@H](Nc1nccn(C)c1=O)c1cc(F)ccc1N1CCC(O)CC1. The van der Waals surface area contributed by atoms with Crippen molar-refractivity contribution >= 4 is 11.5 Å². The van der Waals surface area contributed by atoms with Crippen LogP contribution >= 0.6 is 0 Å². The van der Waals surface area contributed by atoms with Crippen LogP contribution in [-0.2, 0) is 7.05 Å². The molecule has 2 heterocycles. The van der Waals surface area contributed by atoms with E-state index in [4.69, 9.17) is 0 Å². The van der Waals surface area contributed by atoms with Gasteiger partial charge in [-0.2, -0.15) is 0 Å². The molecule has 1 aromatic heterocycles. The second-order valence-electron chi connectivity index (χ2n) is 6.48. The first kappa shape index (κ1) is 17.4. The average Bonchev–Trinajstić information content (AvgIpc) is 2.60. The molecule has 0 radical (unpaired) electrons. The molecule has 2 aromatic rings. The lowest BCUT2D eigenvalue weighted by atomic mass is 10.0. The average molecular weight is 346 g/mol. The topological polar surface area (TPSA) is 70.4 Å². The van der Waals surface area contributed by atoms with Gasteiger partial charge in [-0.05, 0) is 38.0 Å². The number of aliphatic hydroxyl groups is 1. The Labute approximate surface area is 145 Å². The van der Waals surface area contributed by atoms with E-state index in [9.17, 15) is 14.3 Å². The minimum Gasteiger partial charge on any atom is -0.393 e. The Morgan fingerprint density at radius 1 is 1.36 bits per heavy atom. The third-order valence-electron chi connectivity index (χ3n) is 4.63. The molecule has 1 atom stereocenters. The maximum Gasteiger partial charge on any atom is 0.293 e.